The monoisotopic (exact) mass is 480 g/mol. The Hall–Kier alpha value is -4.16. The van der Waals surface area contributed by atoms with Crippen LogP contribution >= 0.6 is 0 Å². The molecule has 2 aromatic carbocycles. The summed E-state index contributed by atoms with van der Waals surface area (Å²) >= 11 is 0. The number of rotatable bonds is 4. The van der Waals surface area contributed by atoms with Gasteiger partial charge in [0, 0.05) is 31.5 Å². The summed E-state index contributed by atoms with van der Waals surface area (Å²) in [7, 11) is 0.667. The lowest BCUT2D eigenvalue weighted by Gasteiger charge is -2.10. The minimum absolute atomic E-state index is 0.0322. The van der Waals surface area contributed by atoms with E-state index in [9.17, 15) is 18.0 Å². The molecule has 2 N–H and O–H groups in total. The number of hydrogen-bond donors (Lipinski definition) is 1. The minimum atomic E-state index is -3.87. The maximum absolute atomic E-state index is 13.0. The molecular formula is C22H20N6O5S. The number of benzene rings is 2. The molecule has 0 fully saturated rings. The highest BCUT2D eigenvalue weighted by molar-refractivity contribution is 7.89. The van der Waals surface area contributed by atoms with Crippen LogP contribution in [0.2, 0.25) is 0 Å². The maximum atomic E-state index is 13.0. The van der Waals surface area contributed by atoms with Crippen LogP contribution in [0.1, 0.15) is 0 Å². The third-order valence-electron chi connectivity index (χ3n) is 5.77. The topological polar surface area (TPSA) is 136 Å². The van der Waals surface area contributed by atoms with Crippen molar-refractivity contribution in [3.63, 3.8) is 0 Å². The number of aromatic nitrogens is 5. The second-order valence-electron chi connectivity index (χ2n) is 7.78. The number of hydrogen-bond acceptors (Lipinski definition) is 6. The van der Waals surface area contributed by atoms with Gasteiger partial charge < -0.3 is 4.74 Å². The quantitative estimate of drug-likeness (QED) is 0.408. The normalized spacial score (nSPS) is 12.0. The van der Waals surface area contributed by atoms with Gasteiger partial charge in [0.2, 0.25) is 15.8 Å². The molecule has 0 saturated heterocycles. The summed E-state index contributed by atoms with van der Waals surface area (Å²) in [5.41, 5.74) is 1.59. The number of nitrogens with zero attached hydrogens (tertiary/aromatic N) is 5. The third-order valence-corrected chi connectivity index (χ3v) is 6.70. The average Bonchev–Trinajstić information content (AvgIpc) is 3.37. The number of methoxy groups -OCH3 is 1. The number of ether oxygens (including phenoxy) is 1. The van der Waals surface area contributed by atoms with Crippen molar-refractivity contribution in [2.75, 3.05) is 7.11 Å². The van der Waals surface area contributed by atoms with Crippen molar-refractivity contribution < 1.29 is 13.2 Å². The zero-order valence-corrected chi connectivity index (χ0v) is 19.3. The van der Waals surface area contributed by atoms with Gasteiger partial charge in [-0.3, -0.25) is 22.9 Å². The van der Waals surface area contributed by atoms with Crippen LogP contribution in [0, 0.1) is 0 Å². The van der Waals surface area contributed by atoms with Crippen molar-refractivity contribution in [3.05, 3.63) is 75.6 Å². The summed E-state index contributed by atoms with van der Waals surface area (Å²) < 4.78 is 34.4. The van der Waals surface area contributed by atoms with Crippen molar-refractivity contribution in [2.24, 2.45) is 19.2 Å². The zero-order chi connectivity index (χ0) is 24.4. The van der Waals surface area contributed by atoms with Crippen LogP contribution in [-0.2, 0) is 24.1 Å². The third kappa shape index (κ3) is 3.15. The van der Waals surface area contributed by atoms with Gasteiger partial charge in [0.15, 0.2) is 11.2 Å². The second-order valence-corrected chi connectivity index (χ2v) is 9.34. The molecule has 3 heterocycles. The second kappa shape index (κ2) is 7.43. The van der Waals surface area contributed by atoms with E-state index in [-0.39, 0.29) is 16.1 Å². The molecule has 174 valence electrons. The summed E-state index contributed by atoms with van der Waals surface area (Å²) in [5.74, 6) is 1.06. The molecular weight excluding hydrogens is 460 g/mol. The lowest BCUT2D eigenvalue weighted by Crippen LogP contribution is -2.37. The van der Waals surface area contributed by atoms with Crippen molar-refractivity contribution in [1.82, 2.24) is 23.1 Å². The van der Waals surface area contributed by atoms with Crippen LogP contribution in [0.15, 0.2) is 69.2 Å². The lowest BCUT2D eigenvalue weighted by atomic mass is 10.1. The highest BCUT2D eigenvalue weighted by atomic mass is 32.2. The van der Waals surface area contributed by atoms with Gasteiger partial charge in [0.05, 0.1) is 17.7 Å². The van der Waals surface area contributed by atoms with Crippen LogP contribution in [0.25, 0.3) is 33.9 Å². The van der Waals surface area contributed by atoms with Crippen LogP contribution in [0.3, 0.4) is 0 Å². The molecule has 0 amide bonds. The van der Waals surface area contributed by atoms with Gasteiger partial charge in [0.25, 0.3) is 5.56 Å². The lowest BCUT2D eigenvalue weighted by molar-refractivity contribution is 0.415. The van der Waals surface area contributed by atoms with Gasteiger partial charge in [-0.15, -0.1) is 0 Å². The van der Waals surface area contributed by atoms with Crippen molar-refractivity contribution in [3.8, 4) is 22.7 Å². The van der Waals surface area contributed by atoms with Gasteiger partial charge in [-0.2, -0.15) is 4.98 Å². The number of aryl methyl sites for hydroxylation is 1. The van der Waals surface area contributed by atoms with E-state index in [2.05, 4.69) is 4.98 Å². The number of imidazole rings is 2. The molecule has 12 heteroatoms. The van der Waals surface area contributed by atoms with Crippen LogP contribution in [0.4, 0.5) is 0 Å². The Balaban J connectivity index is 1.88. The molecule has 11 nitrogen and oxygen atoms in total. The summed E-state index contributed by atoms with van der Waals surface area (Å²) in [4.78, 5) is 30.0. The van der Waals surface area contributed by atoms with E-state index in [0.29, 0.717) is 22.9 Å². The molecule has 5 rings (SSSR count). The summed E-state index contributed by atoms with van der Waals surface area (Å²) in [6.45, 7) is 0. The summed E-state index contributed by atoms with van der Waals surface area (Å²) in [6, 6.07) is 13.3. The fourth-order valence-electron chi connectivity index (χ4n) is 3.98. The van der Waals surface area contributed by atoms with E-state index in [4.69, 9.17) is 9.88 Å². The SMILES string of the molecule is COc1ccc(-c2cn3c4c(=O)n(C)c(=O)n(C)c4nc3n2-c2ccc(S(N)(=O)=O)cc2)cc1. The van der Waals surface area contributed by atoms with E-state index in [1.165, 1.54) is 23.7 Å². The Morgan fingerprint density at radius 1 is 0.941 bits per heavy atom. The number of primary sulfonamides is 1. The molecule has 3 aromatic heterocycles. The number of fused-ring (bicyclic) bond motifs is 3. The molecule has 0 unspecified atom stereocenters. The van der Waals surface area contributed by atoms with Gasteiger partial charge in [-0.1, -0.05) is 0 Å². The first-order valence-electron chi connectivity index (χ1n) is 10.1. The van der Waals surface area contributed by atoms with Gasteiger partial charge in [-0.05, 0) is 48.5 Å². The minimum Gasteiger partial charge on any atom is -0.497 e. The Bertz CT molecular complexity index is 1810. The fraction of sp³-hybridized carbons (Fsp3) is 0.136. The predicted octanol–water partition coefficient (Wildman–Crippen LogP) is 0.999. The maximum Gasteiger partial charge on any atom is 0.332 e. The van der Waals surface area contributed by atoms with Gasteiger partial charge in [-0.25, -0.2) is 18.4 Å². The summed E-state index contributed by atoms with van der Waals surface area (Å²) in [6.07, 6.45) is 1.76. The molecule has 0 aliphatic rings. The average molecular weight is 481 g/mol. The Morgan fingerprint density at radius 3 is 2.18 bits per heavy atom. The molecule has 5 aromatic rings. The molecule has 0 saturated carbocycles. The van der Waals surface area contributed by atoms with Crippen molar-refractivity contribution >= 4 is 27.0 Å². The Kier molecular flexibility index (Phi) is 4.74. The molecule has 34 heavy (non-hydrogen) atoms. The molecule has 0 spiro atoms. The van der Waals surface area contributed by atoms with E-state index in [1.54, 1.807) is 53.6 Å². The number of nitrogens with two attached hydrogens (primary N) is 1. The highest BCUT2D eigenvalue weighted by Gasteiger charge is 2.22. The van der Waals surface area contributed by atoms with Gasteiger partial charge >= 0.3 is 5.69 Å². The highest BCUT2D eigenvalue weighted by Crippen LogP contribution is 2.30. The molecule has 0 atom stereocenters. The first-order valence-corrected chi connectivity index (χ1v) is 11.6. The van der Waals surface area contributed by atoms with Crippen LogP contribution < -0.4 is 21.1 Å². The number of sulfonamides is 1. The first kappa shape index (κ1) is 21.7. The van der Waals surface area contributed by atoms with E-state index < -0.39 is 21.3 Å². The molecule has 0 radical (unpaired) electrons. The van der Waals surface area contributed by atoms with Gasteiger partial charge in [0.1, 0.15) is 5.75 Å². The Labute approximate surface area is 192 Å². The van der Waals surface area contributed by atoms with Crippen molar-refractivity contribution in [1.29, 1.82) is 0 Å². The first-order chi connectivity index (χ1) is 16.1. The predicted molar refractivity (Wildman–Crippen MR) is 126 cm³/mol. The van der Waals surface area contributed by atoms with Crippen molar-refractivity contribution in [2.45, 2.75) is 4.90 Å². The van der Waals surface area contributed by atoms with E-state index in [0.717, 1.165) is 10.1 Å². The smallest absolute Gasteiger partial charge is 0.332 e. The van der Waals surface area contributed by atoms with Crippen LogP contribution in [0.5, 0.6) is 5.75 Å². The molecule has 0 bridgehead atoms. The Morgan fingerprint density at radius 2 is 1.59 bits per heavy atom. The van der Waals surface area contributed by atoms with E-state index >= 15 is 0 Å². The summed E-state index contributed by atoms with van der Waals surface area (Å²) in [5, 5.41) is 5.24. The zero-order valence-electron chi connectivity index (χ0n) is 18.5. The largest absolute Gasteiger partial charge is 0.497 e. The van der Waals surface area contributed by atoms with E-state index in [1.807, 2.05) is 12.1 Å². The molecule has 0 aliphatic carbocycles. The fourth-order valence-corrected chi connectivity index (χ4v) is 4.49. The molecule has 0 aliphatic heterocycles. The van der Waals surface area contributed by atoms with Crippen LogP contribution in [-0.4, -0.2) is 38.6 Å². The standard InChI is InChI=1S/C22H20N6O5S/c1-25-19-18(20(29)26(2)22(25)30)27-12-17(13-4-8-15(33-3)9-5-13)28(21(27)24-19)14-6-10-16(11-7-14)34(23,31)32/h4-12H,1-3H3,(H2,23,31,32).